The summed E-state index contributed by atoms with van der Waals surface area (Å²) in [7, 11) is 0. The Morgan fingerprint density at radius 3 is 2.54 bits per heavy atom. The van der Waals surface area contributed by atoms with Crippen molar-refractivity contribution in [2.45, 2.75) is 39.0 Å². The number of aromatic carboxylic acids is 1. The quantitative estimate of drug-likeness (QED) is 0.873. The van der Waals surface area contributed by atoms with Crippen LogP contribution in [0.2, 0.25) is 0 Å². The van der Waals surface area contributed by atoms with Crippen LogP contribution in [0, 0.1) is 5.92 Å². The number of carboxylic acids is 1. The maximum Gasteiger partial charge on any atom is 0.339 e. The van der Waals surface area contributed by atoms with Gasteiger partial charge in [-0.3, -0.25) is 4.79 Å². The van der Waals surface area contributed by atoms with Crippen molar-refractivity contribution in [3.8, 4) is 0 Å². The zero-order valence-corrected chi connectivity index (χ0v) is 15.3. The molecule has 3 rings (SSSR count). The molecule has 2 heterocycles. The number of carboxylic acid groups (broad SMARTS) is 1. The monoisotopic (exact) mass is 355 g/mol. The fourth-order valence-electron chi connectivity index (χ4n) is 3.90. The zero-order valence-electron chi connectivity index (χ0n) is 15.3. The molecule has 0 bridgehead atoms. The van der Waals surface area contributed by atoms with Crippen LogP contribution < -0.4 is 0 Å². The predicted molar refractivity (Wildman–Crippen MR) is 98.5 cm³/mol. The molecule has 1 aromatic carbocycles. The first-order chi connectivity index (χ1) is 12.5. The number of rotatable bonds is 5. The largest absolute Gasteiger partial charge is 0.478 e. The molecule has 1 aliphatic rings. The highest BCUT2D eigenvalue weighted by atomic mass is 16.4. The molecule has 26 heavy (non-hydrogen) atoms. The standard InChI is InChI=1S/C21H25NO4/c1-3-14-13-22(11-10-16(14)15-8-6-5-7-9-15)20(23)19-12-17(21(24)25)18(4-2)26-19/h5-9,12,14,16H,3-4,10-11,13H2,1-2H3,(H,24,25). The van der Waals surface area contributed by atoms with E-state index < -0.39 is 5.97 Å². The van der Waals surface area contributed by atoms with Crippen LogP contribution in [0.4, 0.5) is 0 Å². The molecule has 2 unspecified atom stereocenters. The topological polar surface area (TPSA) is 70.8 Å². The van der Waals surface area contributed by atoms with Gasteiger partial charge >= 0.3 is 5.97 Å². The number of carbonyl (C=O) groups is 2. The predicted octanol–water partition coefficient (Wildman–Crippen LogP) is 4.20. The number of nitrogens with zero attached hydrogens (tertiary/aromatic N) is 1. The van der Waals surface area contributed by atoms with E-state index in [1.54, 1.807) is 4.90 Å². The summed E-state index contributed by atoms with van der Waals surface area (Å²) in [5, 5.41) is 9.26. The van der Waals surface area contributed by atoms with Gasteiger partial charge < -0.3 is 14.4 Å². The maximum atomic E-state index is 12.8. The van der Waals surface area contributed by atoms with Crippen molar-refractivity contribution in [2.75, 3.05) is 13.1 Å². The highest BCUT2D eigenvalue weighted by Crippen LogP contribution is 2.35. The second-order valence-electron chi connectivity index (χ2n) is 6.83. The van der Waals surface area contributed by atoms with E-state index in [1.165, 1.54) is 11.6 Å². The molecule has 138 valence electrons. The molecule has 1 N–H and O–H groups in total. The van der Waals surface area contributed by atoms with E-state index in [4.69, 9.17) is 4.42 Å². The molecule has 1 fully saturated rings. The van der Waals surface area contributed by atoms with E-state index in [-0.39, 0.29) is 17.2 Å². The lowest BCUT2D eigenvalue weighted by molar-refractivity contribution is 0.0610. The number of benzene rings is 1. The smallest absolute Gasteiger partial charge is 0.339 e. The van der Waals surface area contributed by atoms with E-state index in [9.17, 15) is 14.7 Å². The second kappa shape index (κ2) is 7.77. The first-order valence-corrected chi connectivity index (χ1v) is 9.25. The molecule has 1 aliphatic heterocycles. The lowest BCUT2D eigenvalue weighted by atomic mass is 9.79. The van der Waals surface area contributed by atoms with Gasteiger partial charge in [-0.1, -0.05) is 50.6 Å². The van der Waals surface area contributed by atoms with Crippen molar-refractivity contribution in [1.82, 2.24) is 4.90 Å². The zero-order chi connectivity index (χ0) is 18.7. The number of likely N-dealkylation sites (tertiary alicyclic amines) is 1. The Morgan fingerprint density at radius 2 is 1.96 bits per heavy atom. The molecular formula is C21H25NO4. The third-order valence-electron chi connectivity index (χ3n) is 5.34. The minimum atomic E-state index is -1.06. The Bertz CT molecular complexity index is 781. The fourth-order valence-corrected chi connectivity index (χ4v) is 3.90. The van der Waals surface area contributed by atoms with Crippen LogP contribution in [0.15, 0.2) is 40.8 Å². The molecule has 0 saturated carbocycles. The second-order valence-corrected chi connectivity index (χ2v) is 6.83. The Balaban J connectivity index is 1.77. The molecule has 0 radical (unpaired) electrons. The van der Waals surface area contributed by atoms with Crippen LogP contribution in [0.3, 0.4) is 0 Å². The summed E-state index contributed by atoms with van der Waals surface area (Å²) in [5.41, 5.74) is 1.41. The highest BCUT2D eigenvalue weighted by Gasteiger charge is 2.33. The van der Waals surface area contributed by atoms with E-state index in [0.29, 0.717) is 37.1 Å². The van der Waals surface area contributed by atoms with E-state index in [2.05, 4.69) is 31.2 Å². The number of furan rings is 1. The van der Waals surface area contributed by atoms with Gasteiger partial charge in [-0.2, -0.15) is 0 Å². The molecule has 0 aliphatic carbocycles. The molecule has 2 atom stereocenters. The molecular weight excluding hydrogens is 330 g/mol. The Hall–Kier alpha value is -2.56. The highest BCUT2D eigenvalue weighted by molar-refractivity contribution is 5.96. The molecule has 1 saturated heterocycles. The van der Waals surface area contributed by atoms with Gasteiger partial charge in [0, 0.05) is 25.6 Å². The summed E-state index contributed by atoms with van der Waals surface area (Å²) in [4.78, 5) is 26.0. The summed E-state index contributed by atoms with van der Waals surface area (Å²) in [6, 6.07) is 11.8. The summed E-state index contributed by atoms with van der Waals surface area (Å²) in [6.45, 7) is 5.29. The SMILES string of the molecule is CCc1oc(C(=O)N2CCC(c3ccccc3)C(CC)C2)cc1C(=O)O. The summed E-state index contributed by atoms with van der Waals surface area (Å²) < 4.78 is 5.55. The van der Waals surface area contributed by atoms with Gasteiger partial charge in [0.15, 0.2) is 5.76 Å². The molecule has 2 aromatic rings. The Labute approximate surface area is 153 Å². The molecule has 1 amide bonds. The molecule has 1 aromatic heterocycles. The minimum absolute atomic E-state index is 0.0852. The molecule has 5 heteroatoms. The summed E-state index contributed by atoms with van der Waals surface area (Å²) in [5.74, 6) is 0.0487. The van der Waals surface area contributed by atoms with Crippen molar-refractivity contribution in [1.29, 1.82) is 0 Å². The minimum Gasteiger partial charge on any atom is -0.478 e. The van der Waals surface area contributed by atoms with Crippen LogP contribution in [-0.2, 0) is 6.42 Å². The van der Waals surface area contributed by atoms with Gasteiger partial charge in [0.05, 0.1) is 0 Å². The van der Waals surface area contributed by atoms with Gasteiger partial charge in [-0.15, -0.1) is 0 Å². The van der Waals surface area contributed by atoms with Crippen molar-refractivity contribution in [3.63, 3.8) is 0 Å². The van der Waals surface area contributed by atoms with Gasteiger partial charge in [0.25, 0.3) is 5.91 Å². The van der Waals surface area contributed by atoms with Crippen LogP contribution >= 0.6 is 0 Å². The number of hydrogen-bond donors (Lipinski definition) is 1. The van der Waals surface area contributed by atoms with Crippen LogP contribution in [0.5, 0.6) is 0 Å². The normalized spacial score (nSPS) is 20.2. The van der Waals surface area contributed by atoms with Crippen molar-refractivity contribution in [3.05, 3.63) is 59.0 Å². The number of amides is 1. The molecule has 0 spiro atoms. The first kappa shape index (κ1) is 18.2. The fraction of sp³-hybridized carbons (Fsp3) is 0.429. The van der Waals surface area contributed by atoms with Gasteiger partial charge in [-0.25, -0.2) is 4.79 Å². The average Bonchev–Trinajstić information content (AvgIpc) is 3.12. The summed E-state index contributed by atoms with van der Waals surface area (Å²) >= 11 is 0. The van der Waals surface area contributed by atoms with E-state index in [1.807, 2.05) is 13.0 Å². The van der Waals surface area contributed by atoms with Crippen molar-refractivity contribution >= 4 is 11.9 Å². The Kier molecular flexibility index (Phi) is 5.45. The number of aryl methyl sites for hydroxylation is 1. The average molecular weight is 355 g/mol. The van der Waals surface area contributed by atoms with Crippen LogP contribution in [-0.4, -0.2) is 35.0 Å². The number of piperidine rings is 1. The molecule has 5 nitrogen and oxygen atoms in total. The third-order valence-corrected chi connectivity index (χ3v) is 5.34. The number of carbonyl (C=O) groups excluding carboxylic acids is 1. The van der Waals surface area contributed by atoms with Crippen LogP contribution in [0.1, 0.15) is 64.8 Å². The van der Waals surface area contributed by atoms with E-state index >= 15 is 0 Å². The maximum absolute atomic E-state index is 12.8. The van der Waals surface area contributed by atoms with Gasteiger partial charge in [-0.05, 0) is 23.8 Å². The van der Waals surface area contributed by atoms with Crippen molar-refractivity contribution in [2.24, 2.45) is 5.92 Å². The lowest BCUT2D eigenvalue weighted by Gasteiger charge is -2.38. The Morgan fingerprint density at radius 1 is 1.23 bits per heavy atom. The van der Waals surface area contributed by atoms with Crippen LogP contribution in [0.25, 0.3) is 0 Å². The van der Waals surface area contributed by atoms with Gasteiger partial charge in [0.1, 0.15) is 11.3 Å². The van der Waals surface area contributed by atoms with E-state index in [0.717, 1.165) is 12.8 Å². The van der Waals surface area contributed by atoms with Crippen molar-refractivity contribution < 1.29 is 19.1 Å². The van der Waals surface area contributed by atoms with Gasteiger partial charge in [0.2, 0.25) is 0 Å². The number of hydrogen-bond acceptors (Lipinski definition) is 3. The lowest BCUT2D eigenvalue weighted by Crippen LogP contribution is -2.42. The third kappa shape index (κ3) is 3.52. The first-order valence-electron chi connectivity index (χ1n) is 9.25. The summed E-state index contributed by atoms with van der Waals surface area (Å²) in [6.07, 6.45) is 2.34.